The van der Waals surface area contributed by atoms with Gasteiger partial charge < -0.3 is 10.4 Å². The second kappa shape index (κ2) is 7.33. The fourth-order valence-corrected chi connectivity index (χ4v) is 4.95. The number of aliphatic imine (C=N–C) groups is 1. The summed E-state index contributed by atoms with van der Waals surface area (Å²) in [7, 11) is 0. The standard InChI is InChI=1S/C29H24N4O/c1-28(2)20-9-5-7-11-22(20)32-24(28)13-18-26(17(15-30)16-31)19(27(18)34)14-25-29(3,4)21-10-6-8-12-23(21)33-25/h5-14,32,34H,1-4H3/b19-14-,24-13-. The molecule has 0 bridgehead atoms. The number of aliphatic hydroxyl groups is 1. The molecular weight excluding hydrogens is 420 g/mol. The lowest BCUT2D eigenvalue weighted by Crippen LogP contribution is -2.26. The number of nitrogens with zero attached hydrogens (tertiary/aromatic N) is 3. The summed E-state index contributed by atoms with van der Waals surface area (Å²) >= 11 is 0. The number of anilines is 1. The van der Waals surface area contributed by atoms with Gasteiger partial charge in [-0.15, -0.1) is 0 Å². The van der Waals surface area contributed by atoms with Crippen LogP contribution in [-0.2, 0) is 10.8 Å². The molecule has 0 atom stereocenters. The first-order chi connectivity index (χ1) is 16.2. The lowest BCUT2D eigenvalue weighted by Gasteiger charge is -2.29. The Hall–Kier alpha value is -4.35. The van der Waals surface area contributed by atoms with Gasteiger partial charge >= 0.3 is 0 Å². The Labute approximate surface area is 199 Å². The molecule has 2 aromatic carbocycles. The molecule has 0 radical (unpaired) electrons. The van der Waals surface area contributed by atoms with Crippen LogP contribution >= 0.6 is 0 Å². The minimum atomic E-state index is -0.362. The molecule has 0 aromatic heterocycles. The first-order valence-electron chi connectivity index (χ1n) is 11.2. The topological polar surface area (TPSA) is 92.2 Å². The van der Waals surface area contributed by atoms with Gasteiger partial charge in [0.05, 0.1) is 11.4 Å². The van der Waals surface area contributed by atoms with E-state index >= 15 is 0 Å². The first kappa shape index (κ1) is 21.5. The largest absolute Gasteiger partial charge is 0.507 e. The van der Waals surface area contributed by atoms with Crippen molar-refractivity contribution >= 4 is 17.1 Å². The van der Waals surface area contributed by atoms with Crippen LogP contribution in [0.3, 0.4) is 0 Å². The molecule has 0 unspecified atom stereocenters. The number of nitriles is 2. The highest BCUT2D eigenvalue weighted by Gasteiger charge is 2.40. The summed E-state index contributed by atoms with van der Waals surface area (Å²) < 4.78 is 0. The molecular formula is C29H24N4O. The molecule has 2 heterocycles. The third-order valence-electron chi connectivity index (χ3n) is 7.09. The Bertz CT molecular complexity index is 1480. The van der Waals surface area contributed by atoms with Gasteiger partial charge in [-0.2, -0.15) is 10.5 Å². The van der Waals surface area contributed by atoms with E-state index in [2.05, 4.69) is 45.1 Å². The number of aliphatic hydroxyl groups excluding tert-OH is 1. The smallest absolute Gasteiger partial charge is 0.138 e. The van der Waals surface area contributed by atoms with Crippen LogP contribution in [0.1, 0.15) is 38.8 Å². The van der Waals surface area contributed by atoms with E-state index in [9.17, 15) is 15.6 Å². The van der Waals surface area contributed by atoms with Crippen molar-refractivity contribution in [2.24, 2.45) is 4.99 Å². The third kappa shape index (κ3) is 2.95. The van der Waals surface area contributed by atoms with Crippen molar-refractivity contribution in [3.05, 3.63) is 106 Å². The van der Waals surface area contributed by atoms with Crippen molar-refractivity contribution in [3.8, 4) is 12.1 Å². The lowest BCUT2D eigenvalue weighted by atomic mass is 9.75. The van der Waals surface area contributed by atoms with Crippen LogP contribution in [0.15, 0.2) is 99.4 Å². The molecule has 0 saturated carbocycles. The number of benzene rings is 2. The van der Waals surface area contributed by atoms with E-state index in [0.717, 1.165) is 33.9 Å². The first-order valence-corrected chi connectivity index (χ1v) is 11.2. The molecule has 1 aliphatic carbocycles. The van der Waals surface area contributed by atoms with Crippen LogP contribution in [0.2, 0.25) is 0 Å². The predicted octanol–water partition coefficient (Wildman–Crippen LogP) is 6.43. The monoisotopic (exact) mass is 444 g/mol. The van der Waals surface area contributed by atoms with Crippen molar-refractivity contribution in [3.63, 3.8) is 0 Å². The van der Waals surface area contributed by atoms with Gasteiger partial charge in [0.25, 0.3) is 0 Å². The van der Waals surface area contributed by atoms with Crippen LogP contribution in [-0.4, -0.2) is 10.8 Å². The second-order valence-corrected chi connectivity index (χ2v) is 9.79. The zero-order valence-corrected chi connectivity index (χ0v) is 19.6. The van der Waals surface area contributed by atoms with Crippen molar-refractivity contribution in [2.75, 3.05) is 5.32 Å². The highest BCUT2D eigenvalue weighted by atomic mass is 16.3. The van der Waals surface area contributed by atoms with Crippen molar-refractivity contribution < 1.29 is 5.11 Å². The quantitative estimate of drug-likeness (QED) is 0.522. The predicted molar refractivity (Wildman–Crippen MR) is 134 cm³/mol. The molecule has 0 fully saturated rings. The Morgan fingerprint density at radius 1 is 0.912 bits per heavy atom. The van der Waals surface area contributed by atoms with E-state index in [-0.39, 0.29) is 22.2 Å². The van der Waals surface area contributed by atoms with Gasteiger partial charge in [-0.05, 0) is 35.4 Å². The van der Waals surface area contributed by atoms with E-state index in [1.807, 2.05) is 60.7 Å². The Balaban J connectivity index is 1.63. The normalized spacial score (nSPS) is 21.2. The molecule has 0 amide bonds. The fraction of sp³-hybridized carbons (Fsp3) is 0.207. The summed E-state index contributed by atoms with van der Waals surface area (Å²) in [4.78, 5) is 4.77. The van der Waals surface area contributed by atoms with Crippen LogP contribution < -0.4 is 5.32 Å². The van der Waals surface area contributed by atoms with Crippen molar-refractivity contribution in [1.82, 2.24) is 0 Å². The molecule has 5 nitrogen and oxygen atoms in total. The molecule has 34 heavy (non-hydrogen) atoms. The zero-order chi connectivity index (χ0) is 24.3. The van der Waals surface area contributed by atoms with E-state index in [4.69, 9.17) is 4.99 Å². The number of hydrogen-bond donors (Lipinski definition) is 2. The van der Waals surface area contributed by atoms with Crippen LogP contribution in [0, 0.1) is 22.7 Å². The minimum absolute atomic E-state index is 0.0295. The summed E-state index contributed by atoms with van der Waals surface area (Å²) in [5.74, 6) is 0.0634. The maximum Gasteiger partial charge on any atom is 0.138 e. The summed E-state index contributed by atoms with van der Waals surface area (Å²) in [6, 6.07) is 20.0. The molecule has 2 aromatic rings. The van der Waals surface area contributed by atoms with Crippen molar-refractivity contribution in [2.45, 2.75) is 38.5 Å². The molecule has 3 aliphatic rings. The Morgan fingerprint density at radius 2 is 1.56 bits per heavy atom. The van der Waals surface area contributed by atoms with E-state index in [1.165, 1.54) is 0 Å². The average molecular weight is 445 g/mol. The number of hydrogen-bond acceptors (Lipinski definition) is 5. The van der Waals surface area contributed by atoms with Gasteiger partial charge in [0.15, 0.2) is 0 Å². The summed E-state index contributed by atoms with van der Waals surface area (Å²) in [5.41, 5.74) is 6.55. The number of rotatable bonds is 2. The van der Waals surface area contributed by atoms with Crippen LogP contribution in [0.5, 0.6) is 0 Å². The minimum Gasteiger partial charge on any atom is -0.507 e. The Kier molecular flexibility index (Phi) is 4.64. The molecule has 0 saturated heterocycles. The Morgan fingerprint density at radius 3 is 2.21 bits per heavy atom. The second-order valence-electron chi connectivity index (χ2n) is 9.79. The number of nitrogens with one attached hydrogen (secondary N) is 1. The lowest BCUT2D eigenvalue weighted by molar-refractivity contribution is 0.410. The summed E-state index contributed by atoms with van der Waals surface area (Å²) in [5, 5.41) is 33.9. The molecule has 5 heteroatoms. The average Bonchev–Trinajstić information content (AvgIpc) is 3.24. The van der Waals surface area contributed by atoms with Crippen molar-refractivity contribution in [1.29, 1.82) is 10.5 Å². The number of para-hydroxylation sites is 2. The van der Waals surface area contributed by atoms with Gasteiger partial charge in [0.2, 0.25) is 0 Å². The van der Waals surface area contributed by atoms with E-state index in [1.54, 1.807) is 0 Å². The van der Waals surface area contributed by atoms with Gasteiger partial charge in [0.1, 0.15) is 23.5 Å². The third-order valence-corrected chi connectivity index (χ3v) is 7.09. The van der Waals surface area contributed by atoms with Gasteiger partial charge in [-0.1, -0.05) is 64.1 Å². The highest BCUT2D eigenvalue weighted by Crippen LogP contribution is 2.48. The molecule has 0 spiro atoms. The van der Waals surface area contributed by atoms with Gasteiger partial charge in [0, 0.05) is 38.9 Å². The maximum absolute atomic E-state index is 11.1. The van der Waals surface area contributed by atoms with Gasteiger partial charge in [-0.25, -0.2) is 0 Å². The maximum atomic E-state index is 11.1. The number of allylic oxidation sites excluding steroid dienone is 6. The van der Waals surface area contributed by atoms with Gasteiger partial charge in [-0.3, -0.25) is 4.99 Å². The highest BCUT2D eigenvalue weighted by molar-refractivity contribution is 6.10. The molecule has 5 rings (SSSR count). The fourth-order valence-electron chi connectivity index (χ4n) is 4.95. The van der Waals surface area contributed by atoms with E-state index in [0.29, 0.717) is 16.7 Å². The number of fused-ring (bicyclic) bond motifs is 2. The molecule has 166 valence electrons. The SMILES string of the molecule is CC1(C)C(/C=C2C(O)=C(/C=C3\Nc4ccccc4C3(C)C)C\2=C(C#N)C#N)=Nc2ccccc21. The van der Waals surface area contributed by atoms with Crippen LogP contribution in [0.25, 0.3) is 0 Å². The van der Waals surface area contributed by atoms with E-state index < -0.39 is 0 Å². The zero-order valence-electron chi connectivity index (χ0n) is 19.6. The van der Waals surface area contributed by atoms with Crippen LogP contribution in [0.4, 0.5) is 11.4 Å². The molecule has 2 N–H and O–H groups in total. The summed E-state index contributed by atoms with van der Waals surface area (Å²) in [6.45, 7) is 8.38. The summed E-state index contributed by atoms with van der Waals surface area (Å²) in [6.07, 6.45) is 3.66. The molecule has 2 aliphatic heterocycles.